The highest BCUT2D eigenvalue weighted by Gasteiger charge is 2.16. The van der Waals surface area contributed by atoms with Crippen molar-refractivity contribution in [1.82, 2.24) is 0 Å². The summed E-state index contributed by atoms with van der Waals surface area (Å²) >= 11 is 0. The molecule has 0 saturated carbocycles. The highest BCUT2D eigenvalue weighted by atomic mass is 14.7. The summed E-state index contributed by atoms with van der Waals surface area (Å²) in [6.07, 6.45) is 2.24. The molecule has 0 fully saturated rings. The second-order valence-electron chi connectivity index (χ2n) is 4.18. The van der Waals surface area contributed by atoms with Crippen molar-refractivity contribution in [3.63, 3.8) is 0 Å². The predicted molar refractivity (Wildman–Crippen MR) is 66.3 cm³/mol. The molecule has 6 N–H and O–H groups in total. The van der Waals surface area contributed by atoms with Crippen LogP contribution in [0.5, 0.6) is 0 Å². The molecular formula is C12H21N3. The van der Waals surface area contributed by atoms with Gasteiger partial charge < -0.3 is 17.2 Å². The van der Waals surface area contributed by atoms with E-state index in [0.717, 1.165) is 29.8 Å². The maximum absolute atomic E-state index is 6.16. The van der Waals surface area contributed by atoms with E-state index in [1.54, 1.807) is 6.07 Å². The standard InChI is InChI=1S/C12H21N3/c1-3-4-8(2)12(15)10-7-9(13)5-6-11(10)14/h5-8,12H,3-4,13-15H2,1-2H3. The van der Waals surface area contributed by atoms with Crippen LogP contribution in [0.1, 0.15) is 38.3 Å². The van der Waals surface area contributed by atoms with Gasteiger partial charge in [0, 0.05) is 17.4 Å². The van der Waals surface area contributed by atoms with Crippen LogP contribution in [0, 0.1) is 5.92 Å². The number of benzene rings is 1. The Kier molecular flexibility index (Phi) is 3.97. The minimum Gasteiger partial charge on any atom is -0.399 e. The number of nitrogen functional groups attached to an aromatic ring is 2. The Balaban J connectivity index is 2.89. The van der Waals surface area contributed by atoms with E-state index in [4.69, 9.17) is 17.2 Å². The summed E-state index contributed by atoms with van der Waals surface area (Å²) in [6.45, 7) is 4.31. The van der Waals surface area contributed by atoms with Crippen LogP contribution in [0.3, 0.4) is 0 Å². The minimum atomic E-state index is -0.0200. The van der Waals surface area contributed by atoms with Crippen molar-refractivity contribution in [2.24, 2.45) is 11.7 Å². The summed E-state index contributed by atoms with van der Waals surface area (Å²) in [7, 11) is 0. The summed E-state index contributed by atoms with van der Waals surface area (Å²) < 4.78 is 0. The number of anilines is 2. The normalized spacial score (nSPS) is 14.9. The van der Waals surface area contributed by atoms with Gasteiger partial charge in [0.05, 0.1) is 0 Å². The molecule has 0 saturated heterocycles. The Hall–Kier alpha value is -1.22. The van der Waals surface area contributed by atoms with Crippen molar-refractivity contribution >= 4 is 11.4 Å². The first-order chi connectivity index (χ1) is 7.06. The summed E-state index contributed by atoms with van der Waals surface area (Å²) in [5, 5.41) is 0. The van der Waals surface area contributed by atoms with Gasteiger partial charge in [0.1, 0.15) is 0 Å². The first kappa shape index (κ1) is 11.9. The minimum absolute atomic E-state index is 0.0200. The quantitative estimate of drug-likeness (QED) is 0.663. The molecule has 0 heterocycles. The molecule has 0 aromatic heterocycles. The molecule has 0 aliphatic carbocycles. The fourth-order valence-corrected chi connectivity index (χ4v) is 1.82. The van der Waals surface area contributed by atoms with Crippen LogP contribution in [0.15, 0.2) is 18.2 Å². The van der Waals surface area contributed by atoms with E-state index in [9.17, 15) is 0 Å². The van der Waals surface area contributed by atoms with E-state index in [2.05, 4.69) is 13.8 Å². The van der Waals surface area contributed by atoms with Crippen molar-refractivity contribution in [3.8, 4) is 0 Å². The zero-order valence-corrected chi connectivity index (χ0v) is 9.53. The molecule has 3 heteroatoms. The smallest absolute Gasteiger partial charge is 0.0364 e. The van der Waals surface area contributed by atoms with Crippen molar-refractivity contribution in [1.29, 1.82) is 0 Å². The number of nitrogens with two attached hydrogens (primary N) is 3. The number of rotatable bonds is 4. The average Bonchev–Trinajstić information content (AvgIpc) is 2.21. The Morgan fingerprint density at radius 3 is 2.53 bits per heavy atom. The van der Waals surface area contributed by atoms with Gasteiger partial charge in [-0.05, 0) is 36.1 Å². The fraction of sp³-hybridized carbons (Fsp3) is 0.500. The summed E-state index contributed by atoms with van der Waals surface area (Å²) in [5.74, 6) is 0.430. The molecule has 15 heavy (non-hydrogen) atoms. The molecule has 1 aromatic rings. The maximum atomic E-state index is 6.16. The van der Waals surface area contributed by atoms with E-state index in [1.807, 2.05) is 12.1 Å². The first-order valence-corrected chi connectivity index (χ1v) is 5.46. The molecule has 1 rings (SSSR count). The van der Waals surface area contributed by atoms with Gasteiger partial charge in [-0.1, -0.05) is 20.3 Å². The third-order valence-electron chi connectivity index (χ3n) is 2.83. The van der Waals surface area contributed by atoms with Crippen LogP contribution in [-0.4, -0.2) is 0 Å². The molecule has 0 spiro atoms. The summed E-state index contributed by atoms with van der Waals surface area (Å²) in [6, 6.07) is 5.49. The topological polar surface area (TPSA) is 78.1 Å². The van der Waals surface area contributed by atoms with Crippen molar-refractivity contribution in [2.45, 2.75) is 32.7 Å². The molecule has 84 valence electrons. The van der Waals surface area contributed by atoms with Crippen molar-refractivity contribution in [3.05, 3.63) is 23.8 Å². The Labute approximate surface area is 91.6 Å². The van der Waals surface area contributed by atoms with Crippen LogP contribution in [-0.2, 0) is 0 Å². The Morgan fingerprint density at radius 1 is 1.27 bits per heavy atom. The molecule has 2 unspecified atom stereocenters. The third-order valence-corrected chi connectivity index (χ3v) is 2.83. The van der Waals surface area contributed by atoms with E-state index < -0.39 is 0 Å². The third kappa shape index (κ3) is 2.86. The molecule has 0 amide bonds. The first-order valence-electron chi connectivity index (χ1n) is 5.46. The van der Waals surface area contributed by atoms with Gasteiger partial charge >= 0.3 is 0 Å². The van der Waals surface area contributed by atoms with Gasteiger partial charge in [-0.25, -0.2) is 0 Å². The lowest BCUT2D eigenvalue weighted by Crippen LogP contribution is -2.20. The molecule has 1 aromatic carbocycles. The monoisotopic (exact) mass is 207 g/mol. The fourth-order valence-electron chi connectivity index (χ4n) is 1.82. The molecule has 0 radical (unpaired) electrons. The Bertz CT molecular complexity index is 323. The van der Waals surface area contributed by atoms with Crippen LogP contribution in [0.2, 0.25) is 0 Å². The largest absolute Gasteiger partial charge is 0.399 e. The van der Waals surface area contributed by atoms with Gasteiger partial charge in [0.25, 0.3) is 0 Å². The Morgan fingerprint density at radius 2 is 1.93 bits per heavy atom. The van der Waals surface area contributed by atoms with Crippen LogP contribution in [0.4, 0.5) is 11.4 Å². The van der Waals surface area contributed by atoms with Crippen molar-refractivity contribution in [2.75, 3.05) is 11.5 Å². The predicted octanol–water partition coefficient (Wildman–Crippen LogP) is 2.29. The molecule has 0 aliphatic rings. The number of hydrogen-bond acceptors (Lipinski definition) is 3. The van der Waals surface area contributed by atoms with Crippen molar-refractivity contribution < 1.29 is 0 Å². The lowest BCUT2D eigenvalue weighted by atomic mass is 9.90. The van der Waals surface area contributed by atoms with Crippen LogP contribution < -0.4 is 17.2 Å². The van der Waals surface area contributed by atoms with E-state index in [0.29, 0.717) is 5.92 Å². The van der Waals surface area contributed by atoms with E-state index in [1.165, 1.54) is 0 Å². The van der Waals surface area contributed by atoms with Gasteiger partial charge in [0.15, 0.2) is 0 Å². The van der Waals surface area contributed by atoms with Crippen LogP contribution >= 0.6 is 0 Å². The summed E-state index contributed by atoms with van der Waals surface area (Å²) in [5.41, 5.74) is 20.2. The summed E-state index contributed by atoms with van der Waals surface area (Å²) in [4.78, 5) is 0. The average molecular weight is 207 g/mol. The lowest BCUT2D eigenvalue weighted by molar-refractivity contribution is 0.435. The highest BCUT2D eigenvalue weighted by Crippen LogP contribution is 2.28. The van der Waals surface area contributed by atoms with E-state index in [-0.39, 0.29) is 6.04 Å². The maximum Gasteiger partial charge on any atom is 0.0364 e. The van der Waals surface area contributed by atoms with Gasteiger partial charge in [0.2, 0.25) is 0 Å². The SMILES string of the molecule is CCCC(C)C(N)c1cc(N)ccc1N. The lowest BCUT2D eigenvalue weighted by Gasteiger charge is -2.21. The highest BCUT2D eigenvalue weighted by molar-refractivity contribution is 5.56. The van der Waals surface area contributed by atoms with Gasteiger partial charge in [-0.3, -0.25) is 0 Å². The molecular weight excluding hydrogens is 186 g/mol. The molecule has 0 bridgehead atoms. The molecule has 2 atom stereocenters. The second-order valence-corrected chi connectivity index (χ2v) is 4.18. The van der Waals surface area contributed by atoms with E-state index >= 15 is 0 Å². The molecule has 3 nitrogen and oxygen atoms in total. The number of hydrogen-bond donors (Lipinski definition) is 3. The van der Waals surface area contributed by atoms with Crippen LogP contribution in [0.25, 0.3) is 0 Å². The second kappa shape index (κ2) is 5.03. The van der Waals surface area contributed by atoms with Gasteiger partial charge in [-0.2, -0.15) is 0 Å². The molecule has 0 aliphatic heterocycles. The zero-order valence-electron chi connectivity index (χ0n) is 9.53. The zero-order chi connectivity index (χ0) is 11.4. The van der Waals surface area contributed by atoms with Gasteiger partial charge in [-0.15, -0.1) is 0 Å².